The topological polar surface area (TPSA) is 134 Å². The first-order valence-electron chi connectivity index (χ1n) is 12.1. The highest BCUT2D eigenvalue weighted by molar-refractivity contribution is 6.00. The zero-order valence-corrected chi connectivity index (χ0v) is 20.2. The number of fused-ring (bicyclic) bond motifs is 3. The number of aromatic nitrogens is 7. The summed E-state index contributed by atoms with van der Waals surface area (Å²) >= 11 is 0. The van der Waals surface area contributed by atoms with Crippen molar-refractivity contribution < 1.29 is 9.18 Å². The van der Waals surface area contributed by atoms with Gasteiger partial charge in [0.2, 0.25) is 5.82 Å². The number of amides is 1. The Labute approximate surface area is 211 Å². The van der Waals surface area contributed by atoms with Crippen LogP contribution in [-0.2, 0) is 6.42 Å². The molecule has 0 aromatic carbocycles. The fraction of sp³-hybridized carbons (Fsp3) is 0.280. The number of H-pyrrole nitrogens is 1. The number of anilines is 1. The molecule has 0 unspecified atom stereocenters. The van der Waals surface area contributed by atoms with E-state index in [0.29, 0.717) is 59.2 Å². The average Bonchev–Trinajstić information content (AvgIpc) is 3.55. The smallest absolute Gasteiger partial charge is 0.265 e. The second kappa shape index (κ2) is 9.21. The molecule has 6 heterocycles. The summed E-state index contributed by atoms with van der Waals surface area (Å²) in [6.07, 6.45) is 3.58. The summed E-state index contributed by atoms with van der Waals surface area (Å²) in [6.45, 7) is 5.61. The van der Waals surface area contributed by atoms with Crippen molar-refractivity contribution in [3.05, 3.63) is 65.8 Å². The van der Waals surface area contributed by atoms with E-state index in [1.165, 1.54) is 6.20 Å². The van der Waals surface area contributed by atoms with E-state index in [1.54, 1.807) is 22.8 Å². The van der Waals surface area contributed by atoms with Crippen LogP contribution in [0.2, 0.25) is 0 Å². The van der Waals surface area contributed by atoms with Gasteiger partial charge in [-0.15, -0.1) is 5.10 Å². The molecule has 5 aromatic heterocycles. The molecule has 1 amide bonds. The van der Waals surface area contributed by atoms with Gasteiger partial charge in [-0.05, 0) is 31.2 Å². The Kier molecular flexibility index (Phi) is 5.72. The molecule has 12 heteroatoms. The Morgan fingerprint density at radius 2 is 1.97 bits per heavy atom. The first-order valence-corrected chi connectivity index (χ1v) is 12.1. The molecule has 37 heavy (non-hydrogen) atoms. The van der Waals surface area contributed by atoms with Crippen LogP contribution in [0.3, 0.4) is 0 Å². The second-order valence-corrected chi connectivity index (χ2v) is 9.08. The van der Waals surface area contributed by atoms with Gasteiger partial charge in [0.15, 0.2) is 11.5 Å². The minimum atomic E-state index is -0.569. The summed E-state index contributed by atoms with van der Waals surface area (Å²) in [4.78, 5) is 37.0. The van der Waals surface area contributed by atoms with Gasteiger partial charge >= 0.3 is 0 Å². The molecule has 1 aliphatic rings. The number of pyridine rings is 2. The summed E-state index contributed by atoms with van der Waals surface area (Å²) in [5.74, 6) is 0.311. The van der Waals surface area contributed by atoms with Crippen molar-refractivity contribution >= 4 is 28.3 Å². The predicted octanol–water partition coefficient (Wildman–Crippen LogP) is 1.97. The van der Waals surface area contributed by atoms with Crippen molar-refractivity contribution in [2.24, 2.45) is 5.73 Å². The number of primary amides is 1. The zero-order chi connectivity index (χ0) is 25.5. The fourth-order valence-electron chi connectivity index (χ4n) is 4.68. The molecule has 0 spiro atoms. The summed E-state index contributed by atoms with van der Waals surface area (Å²) in [5.41, 5.74) is 8.91. The Balaban J connectivity index is 1.26. The quantitative estimate of drug-likeness (QED) is 0.361. The Morgan fingerprint density at radius 3 is 2.73 bits per heavy atom. The summed E-state index contributed by atoms with van der Waals surface area (Å²) in [5, 5.41) is 5.36. The van der Waals surface area contributed by atoms with Gasteiger partial charge in [0.25, 0.3) is 5.91 Å². The molecular weight excluding hydrogens is 475 g/mol. The average molecular weight is 501 g/mol. The first-order chi connectivity index (χ1) is 18.0. The lowest BCUT2D eigenvalue weighted by molar-refractivity contribution is 0.0996. The largest absolute Gasteiger partial charge is 0.367 e. The van der Waals surface area contributed by atoms with Gasteiger partial charge in [0.1, 0.15) is 22.9 Å². The number of hydrogen-bond acceptors (Lipinski definition) is 8. The predicted molar refractivity (Wildman–Crippen MR) is 136 cm³/mol. The number of piperazine rings is 1. The van der Waals surface area contributed by atoms with Crippen LogP contribution in [0.5, 0.6) is 0 Å². The van der Waals surface area contributed by atoms with Gasteiger partial charge in [0, 0.05) is 51.0 Å². The molecule has 1 fully saturated rings. The lowest BCUT2D eigenvalue weighted by Gasteiger charge is -2.36. The van der Waals surface area contributed by atoms with E-state index in [4.69, 9.17) is 20.8 Å². The van der Waals surface area contributed by atoms with Crippen LogP contribution in [0, 0.1) is 12.7 Å². The summed E-state index contributed by atoms with van der Waals surface area (Å²) < 4.78 is 16.0. The third-order valence-corrected chi connectivity index (χ3v) is 6.63. The number of aromatic amines is 1. The van der Waals surface area contributed by atoms with E-state index >= 15 is 0 Å². The molecule has 0 radical (unpaired) electrons. The van der Waals surface area contributed by atoms with Gasteiger partial charge in [-0.2, -0.15) is 4.52 Å². The zero-order valence-electron chi connectivity index (χ0n) is 20.2. The number of carbonyl (C=O) groups is 1. The van der Waals surface area contributed by atoms with Crippen molar-refractivity contribution in [1.82, 2.24) is 39.4 Å². The van der Waals surface area contributed by atoms with Gasteiger partial charge in [-0.3, -0.25) is 19.7 Å². The molecular formula is C25H25FN10O. The van der Waals surface area contributed by atoms with Crippen LogP contribution in [0.1, 0.15) is 22.0 Å². The number of nitrogens with zero attached hydrogens (tertiary/aromatic N) is 8. The van der Waals surface area contributed by atoms with Crippen LogP contribution in [0.15, 0.2) is 42.7 Å². The minimum Gasteiger partial charge on any atom is -0.367 e. The van der Waals surface area contributed by atoms with Crippen molar-refractivity contribution in [3.8, 4) is 11.5 Å². The fourth-order valence-corrected chi connectivity index (χ4v) is 4.68. The molecule has 0 atom stereocenters. The highest BCUT2D eigenvalue weighted by atomic mass is 19.1. The monoisotopic (exact) mass is 500 g/mol. The lowest BCUT2D eigenvalue weighted by atomic mass is 10.2. The molecule has 11 nitrogen and oxygen atoms in total. The molecule has 188 valence electrons. The molecule has 0 aliphatic carbocycles. The van der Waals surface area contributed by atoms with Crippen LogP contribution in [0.4, 0.5) is 10.1 Å². The van der Waals surface area contributed by atoms with E-state index < -0.39 is 5.91 Å². The SMILES string of the molecule is Cc1cc(N2CCN(CCc3nc4[nH]c(C(N)=O)cc4c4nc(-c5ccccn5)nn34)CC2)c(F)cn1. The number of nitrogens with one attached hydrogen (secondary N) is 1. The number of nitrogens with two attached hydrogens (primary N) is 1. The van der Waals surface area contributed by atoms with Crippen LogP contribution in [0.25, 0.3) is 28.2 Å². The molecule has 5 aromatic rings. The van der Waals surface area contributed by atoms with E-state index in [2.05, 4.69) is 24.8 Å². The highest BCUT2D eigenvalue weighted by Crippen LogP contribution is 2.24. The summed E-state index contributed by atoms with van der Waals surface area (Å²) in [7, 11) is 0. The maximum Gasteiger partial charge on any atom is 0.265 e. The molecule has 0 bridgehead atoms. The second-order valence-electron chi connectivity index (χ2n) is 9.08. The number of hydrogen-bond donors (Lipinski definition) is 2. The van der Waals surface area contributed by atoms with Crippen molar-refractivity contribution in [2.75, 3.05) is 37.6 Å². The van der Waals surface area contributed by atoms with E-state index in [0.717, 1.165) is 25.3 Å². The number of carbonyl (C=O) groups excluding carboxylic acids is 1. The molecule has 1 aliphatic heterocycles. The number of halogens is 1. The molecule has 3 N–H and O–H groups in total. The van der Waals surface area contributed by atoms with Gasteiger partial charge in [-0.25, -0.2) is 14.4 Å². The first kappa shape index (κ1) is 23.0. The Morgan fingerprint density at radius 1 is 1.14 bits per heavy atom. The standard InChI is InChI=1S/C25H25FN10O/c1-15-12-20(17(26)14-29-15)35-10-8-34(9-11-35)7-5-21-31-23-16(13-19(30-23)22(27)37)25-32-24(33-36(21)25)18-4-2-3-6-28-18/h2-4,6,12-14,30H,5,7-11H2,1H3,(H2,27,37). The summed E-state index contributed by atoms with van der Waals surface area (Å²) in [6, 6.07) is 9.00. The van der Waals surface area contributed by atoms with Crippen molar-refractivity contribution in [3.63, 3.8) is 0 Å². The van der Waals surface area contributed by atoms with Crippen LogP contribution in [-0.4, -0.2) is 78.1 Å². The van der Waals surface area contributed by atoms with E-state index in [9.17, 15) is 9.18 Å². The molecule has 1 saturated heterocycles. The Bertz CT molecular complexity index is 1600. The van der Waals surface area contributed by atoms with E-state index in [1.807, 2.05) is 25.1 Å². The van der Waals surface area contributed by atoms with Crippen LogP contribution >= 0.6 is 0 Å². The molecule has 0 saturated carbocycles. The lowest BCUT2D eigenvalue weighted by Crippen LogP contribution is -2.47. The highest BCUT2D eigenvalue weighted by Gasteiger charge is 2.22. The van der Waals surface area contributed by atoms with Gasteiger partial charge in [-0.1, -0.05) is 6.07 Å². The number of rotatable bonds is 6. The normalized spacial score (nSPS) is 14.6. The van der Waals surface area contributed by atoms with Crippen molar-refractivity contribution in [1.29, 1.82) is 0 Å². The van der Waals surface area contributed by atoms with Gasteiger partial charge < -0.3 is 15.6 Å². The third-order valence-electron chi connectivity index (χ3n) is 6.63. The van der Waals surface area contributed by atoms with Crippen molar-refractivity contribution in [2.45, 2.75) is 13.3 Å². The maximum absolute atomic E-state index is 14.3. The van der Waals surface area contributed by atoms with E-state index in [-0.39, 0.29) is 11.5 Å². The molecule has 6 rings (SSSR count). The maximum atomic E-state index is 14.3. The van der Waals surface area contributed by atoms with Gasteiger partial charge in [0.05, 0.1) is 17.3 Å². The number of aryl methyl sites for hydroxylation is 1. The third kappa shape index (κ3) is 4.35. The Hall–Kier alpha value is -4.45. The minimum absolute atomic E-state index is 0.263. The van der Waals surface area contributed by atoms with Crippen LogP contribution < -0.4 is 10.6 Å².